The molecule has 0 radical (unpaired) electrons. The molecule has 1 aliphatic rings. The van der Waals surface area contributed by atoms with Crippen molar-refractivity contribution in [1.82, 2.24) is 21.3 Å². The zero-order chi connectivity index (χ0) is 51.6. The van der Waals surface area contributed by atoms with E-state index in [9.17, 15) is 52.7 Å². The Hall–Kier alpha value is -5.83. The molecule has 11 amide bonds. The van der Waals surface area contributed by atoms with Gasteiger partial charge in [-0.3, -0.25) is 52.7 Å². The standard InChI is InChI=1S/C45H79N11O11.4CH4/c1-20(2)31(41(52)63)17-30-13-26(37(48)59)9-24(35(46)57)10-27(38(49)60)14-33(22(5)6)44(66)55-19-56-45(67)34(23(7)8)16-29(40(51)62)12-25(36(47)58)11-28(39(50)61)15-32(21(3)4)43(65)54-18-53-42(30)64;;;;/h20-34H,9-19H2,1-8H3,(H2,46,57)(H2,47,58)(H2,48,59)(H2,49,60)(H2,50,61)(H2,51,62)(H2,52,63)(H,53,64)(H,54,65)(H,55,66)(H,56,67);4*1H4. The van der Waals surface area contributed by atoms with Crippen LogP contribution in [0.5, 0.6) is 0 Å². The van der Waals surface area contributed by atoms with Gasteiger partial charge in [-0.15, -0.1) is 0 Å². The second-order valence-electron chi connectivity index (χ2n) is 19.7. The minimum atomic E-state index is -1.22. The summed E-state index contributed by atoms with van der Waals surface area (Å²) in [5.74, 6) is -21.4. The molecule has 0 saturated carbocycles. The van der Waals surface area contributed by atoms with Crippen molar-refractivity contribution in [2.75, 3.05) is 13.3 Å². The molecule has 22 nitrogen and oxygen atoms in total. The van der Waals surface area contributed by atoms with E-state index in [4.69, 9.17) is 40.1 Å². The van der Waals surface area contributed by atoms with Crippen LogP contribution < -0.4 is 61.4 Å². The third-order valence-corrected chi connectivity index (χ3v) is 13.4. The van der Waals surface area contributed by atoms with Gasteiger partial charge in [0.2, 0.25) is 65.0 Å². The van der Waals surface area contributed by atoms with Crippen molar-refractivity contribution < 1.29 is 52.7 Å². The third-order valence-electron chi connectivity index (χ3n) is 13.4. The Morgan fingerprint density at radius 2 is 0.620 bits per heavy atom. The van der Waals surface area contributed by atoms with Crippen LogP contribution in [0, 0.1) is 88.8 Å². The summed E-state index contributed by atoms with van der Waals surface area (Å²) in [6.45, 7) is 12.9. The van der Waals surface area contributed by atoms with Gasteiger partial charge >= 0.3 is 0 Å². The number of amides is 11. The number of rotatable bonds is 13. The molecule has 1 fully saturated rings. The van der Waals surface area contributed by atoms with Gasteiger partial charge in [-0.1, -0.05) is 85.1 Å². The molecule has 0 aliphatic carbocycles. The molecule has 22 heteroatoms. The van der Waals surface area contributed by atoms with Gasteiger partial charge in [0.25, 0.3) is 0 Å². The average Bonchev–Trinajstić information content (AvgIpc) is 3.19. The molecule has 0 aromatic heterocycles. The van der Waals surface area contributed by atoms with E-state index in [0.717, 1.165) is 0 Å². The van der Waals surface area contributed by atoms with Gasteiger partial charge in [-0.2, -0.15) is 0 Å². The topological polar surface area (TPSA) is 418 Å². The Kier molecular flexibility index (Phi) is 34.0. The maximum absolute atomic E-state index is 14.0. The molecule has 412 valence electrons. The van der Waals surface area contributed by atoms with Crippen LogP contribution in [0.1, 0.15) is 143 Å². The Morgan fingerprint density at radius 3 is 0.831 bits per heavy atom. The van der Waals surface area contributed by atoms with Crippen LogP contribution in [0.2, 0.25) is 0 Å². The fraction of sp³-hybridized carbons (Fsp3) is 0.776. The molecule has 0 aromatic rings. The molecule has 0 spiro atoms. The summed E-state index contributed by atoms with van der Waals surface area (Å²) in [4.78, 5) is 145. The van der Waals surface area contributed by atoms with Crippen molar-refractivity contribution in [2.24, 2.45) is 129 Å². The lowest BCUT2D eigenvalue weighted by Crippen LogP contribution is -2.46. The van der Waals surface area contributed by atoms with Crippen LogP contribution in [0.4, 0.5) is 0 Å². The quantitative estimate of drug-likeness (QED) is 0.125. The van der Waals surface area contributed by atoms with Crippen molar-refractivity contribution in [3.63, 3.8) is 0 Å². The average molecular weight is 1010 g/mol. The van der Waals surface area contributed by atoms with E-state index in [0.29, 0.717) is 0 Å². The highest BCUT2D eigenvalue weighted by Crippen LogP contribution is 2.34. The monoisotopic (exact) mass is 1010 g/mol. The lowest BCUT2D eigenvalue weighted by molar-refractivity contribution is -0.132. The van der Waals surface area contributed by atoms with Gasteiger partial charge in [-0.25, -0.2) is 0 Å². The molecule has 18 N–H and O–H groups in total. The molecule has 1 saturated heterocycles. The second kappa shape index (κ2) is 33.7. The van der Waals surface area contributed by atoms with Crippen molar-refractivity contribution >= 4 is 65.0 Å². The van der Waals surface area contributed by atoms with Gasteiger partial charge in [0.1, 0.15) is 0 Å². The maximum atomic E-state index is 14.0. The molecular weight excluding hydrogens is 919 g/mol. The van der Waals surface area contributed by atoms with Crippen LogP contribution >= 0.6 is 0 Å². The van der Waals surface area contributed by atoms with Crippen LogP contribution in [-0.2, 0) is 52.7 Å². The molecule has 0 aromatic carbocycles. The lowest BCUT2D eigenvalue weighted by Gasteiger charge is -2.30. The fourth-order valence-electron chi connectivity index (χ4n) is 8.96. The van der Waals surface area contributed by atoms with Gasteiger partial charge in [-0.05, 0) is 81.5 Å². The van der Waals surface area contributed by atoms with E-state index in [-0.39, 0.29) is 106 Å². The minimum absolute atomic E-state index is 0. The molecule has 71 heavy (non-hydrogen) atoms. The summed E-state index contributed by atoms with van der Waals surface area (Å²) >= 11 is 0. The van der Waals surface area contributed by atoms with E-state index < -0.39 is 149 Å². The highest BCUT2D eigenvalue weighted by molar-refractivity contribution is 5.87. The highest BCUT2D eigenvalue weighted by atomic mass is 16.2. The number of carbonyl (C=O) groups excluding carboxylic acids is 11. The molecule has 11 unspecified atom stereocenters. The zero-order valence-electron chi connectivity index (χ0n) is 40.5. The molecule has 1 heterocycles. The number of hydrogen-bond donors (Lipinski definition) is 11. The summed E-state index contributed by atoms with van der Waals surface area (Å²) in [5.41, 5.74) is 40.6. The van der Waals surface area contributed by atoms with E-state index in [1.165, 1.54) is 0 Å². The summed E-state index contributed by atoms with van der Waals surface area (Å²) in [7, 11) is 0. The van der Waals surface area contributed by atoms with E-state index in [1.807, 2.05) is 0 Å². The lowest BCUT2D eigenvalue weighted by atomic mass is 9.76. The SMILES string of the molecule is C.C.C.C.CC(C)C(CC1CC(C(N)=O)CC(C(N)=O)CC(C(N)=O)CC(C(C)C)C(=O)NCNC(=O)C(C(C)C)CC(C(N)=O)CC(C(N)=O)CC(C(N)=O)CC(C(C)C)C(=O)NCNC1=O)C(N)=O. The van der Waals surface area contributed by atoms with Crippen molar-refractivity contribution in [1.29, 1.82) is 0 Å². The van der Waals surface area contributed by atoms with E-state index >= 15 is 0 Å². The zero-order valence-corrected chi connectivity index (χ0v) is 40.5. The second-order valence-corrected chi connectivity index (χ2v) is 19.7. The summed E-state index contributed by atoms with van der Waals surface area (Å²) in [6.07, 6.45) is -2.02. The predicted octanol–water partition coefficient (Wildman–Crippen LogP) is 1.23. The van der Waals surface area contributed by atoms with Gasteiger partial charge in [0, 0.05) is 65.1 Å². The van der Waals surface area contributed by atoms with Crippen molar-refractivity contribution in [3.8, 4) is 0 Å². The number of hydrogen-bond acceptors (Lipinski definition) is 11. The van der Waals surface area contributed by atoms with Gasteiger partial charge in [0.15, 0.2) is 0 Å². The first kappa shape index (κ1) is 71.7. The molecule has 11 atom stereocenters. The number of nitrogens with one attached hydrogen (secondary N) is 4. The van der Waals surface area contributed by atoms with Gasteiger partial charge < -0.3 is 61.4 Å². The molecule has 0 bridgehead atoms. The number of nitrogens with two attached hydrogens (primary N) is 7. The maximum Gasteiger partial charge on any atom is 0.224 e. The normalized spacial score (nSPS) is 26.6. The Morgan fingerprint density at radius 1 is 0.394 bits per heavy atom. The largest absolute Gasteiger partial charge is 0.369 e. The Balaban J connectivity index is -0.00000561. The van der Waals surface area contributed by atoms with Crippen LogP contribution in [-0.4, -0.2) is 78.3 Å². The fourth-order valence-corrected chi connectivity index (χ4v) is 8.96. The smallest absolute Gasteiger partial charge is 0.224 e. The third kappa shape index (κ3) is 23.8. The molecular formula is C49H95N11O11. The summed E-state index contributed by atoms with van der Waals surface area (Å²) in [5, 5.41) is 10.5. The first-order valence-electron chi connectivity index (χ1n) is 23.2. The summed E-state index contributed by atoms with van der Waals surface area (Å²) in [6, 6.07) is 0. The van der Waals surface area contributed by atoms with Crippen LogP contribution in [0.3, 0.4) is 0 Å². The number of carbonyl (C=O) groups is 11. The molecule has 1 aliphatic heterocycles. The number of primary amides is 7. The van der Waals surface area contributed by atoms with E-state index in [2.05, 4.69) is 21.3 Å². The Bertz CT molecular complexity index is 1790. The predicted molar refractivity (Wildman–Crippen MR) is 273 cm³/mol. The van der Waals surface area contributed by atoms with Crippen molar-refractivity contribution in [3.05, 3.63) is 0 Å². The minimum Gasteiger partial charge on any atom is -0.369 e. The molecule has 1 rings (SSSR count). The first-order valence-corrected chi connectivity index (χ1v) is 23.2. The Labute approximate surface area is 423 Å². The highest BCUT2D eigenvalue weighted by Gasteiger charge is 2.39. The van der Waals surface area contributed by atoms with E-state index in [1.54, 1.807) is 55.4 Å². The van der Waals surface area contributed by atoms with Crippen molar-refractivity contribution in [2.45, 2.75) is 143 Å². The van der Waals surface area contributed by atoms with Crippen LogP contribution in [0.25, 0.3) is 0 Å². The first-order chi connectivity index (χ1) is 31.0. The van der Waals surface area contributed by atoms with Gasteiger partial charge in [0.05, 0.1) is 13.3 Å². The summed E-state index contributed by atoms with van der Waals surface area (Å²) < 4.78 is 0. The van der Waals surface area contributed by atoms with Crippen LogP contribution in [0.15, 0.2) is 0 Å².